The highest BCUT2D eigenvalue weighted by Crippen LogP contribution is 2.21. The molecule has 1 heterocycles. The third-order valence-corrected chi connectivity index (χ3v) is 2.88. The van der Waals surface area contributed by atoms with Gasteiger partial charge in [-0.25, -0.2) is 4.98 Å². The maximum atomic E-state index is 12.5. The molecule has 110 valence electrons. The highest BCUT2D eigenvalue weighted by Gasteiger charge is 2.23. The lowest BCUT2D eigenvalue weighted by atomic mass is 10.1. The normalized spacial score (nSPS) is 10.4. The van der Waals surface area contributed by atoms with Crippen molar-refractivity contribution in [3.05, 3.63) is 27.9 Å². The number of carbonyl (C=O) groups excluding carboxylic acids is 1. The molecule has 7 heteroatoms. The second-order valence-electron chi connectivity index (χ2n) is 4.56. The summed E-state index contributed by atoms with van der Waals surface area (Å²) in [4.78, 5) is 28.4. The van der Waals surface area contributed by atoms with Gasteiger partial charge in [-0.05, 0) is 27.7 Å². The van der Waals surface area contributed by atoms with Crippen LogP contribution in [0.2, 0.25) is 0 Å². The number of nitro groups is 1. The predicted octanol–water partition coefficient (Wildman–Crippen LogP) is 2.29. The number of aromatic nitrogens is 1. The SMILES string of the molecule is CCNc1ncc([N+](=O)[O-])cc1C(=O)N(CC)C(C)C. The Morgan fingerprint density at radius 3 is 2.60 bits per heavy atom. The summed E-state index contributed by atoms with van der Waals surface area (Å²) in [6, 6.07) is 1.29. The van der Waals surface area contributed by atoms with E-state index in [0.717, 1.165) is 6.20 Å². The molecule has 0 fully saturated rings. The Morgan fingerprint density at radius 1 is 1.50 bits per heavy atom. The van der Waals surface area contributed by atoms with Crippen molar-refractivity contribution in [3.8, 4) is 0 Å². The maximum Gasteiger partial charge on any atom is 0.288 e. The number of rotatable bonds is 6. The van der Waals surface area contributed by atoms with E-state index in [1.807, 2.05) is 27.7 Å². The van der Waals surface area contributed by atoms with Crippen LogP contribution in [0.1, 0.15) is 38.1 Å². The third kappa shape index (κ3) is 3.43. The number of hydrogen-bond acceptors (Lipinski definition) is 5. The molecule has 0 aliphatic carbocycles. The van der Waals surface area contributed by atoms with Crippen molar-refractivity contribution < 1.29 is 9.72 Å². The second-order valence-corrected chi connectivity index (χ2v) is 4.56. The van der Waals surface area contributed by atoms with Crippen LogP contribution in [0.5, 0.6) is 0 Å². The average Bonchev–Trinajstić information content (AvgIpc) is 2.39. The zero-order chi connectivity index (χ0) is 15.3. The minimum absolute atomic E-state index is 0.0150. The maximum absolute atomic E-state index is 12.5. The van der Waals surface area contributed by atoms with Crippen LogP contribution >= 0.6 is 0 Å². The minimum atomic E-state index is -0.550. The van der Waals surface area contributed by atoms with E-state index in [-0.39, 0.29) is 23.2 Å². The van der Waals surface area contributed by atoms with E-state index in [9.17, 15) is 14.9 Å². The summed E-state index contributed by atoms with van der Waals surface area (Å²) in [5, 5.41) is 13.8. The van der Waals surface area contributed by atoms with Gasteiger partial charge in [-0.15, -0.1) is 0 Å². The number of hydrogen-bond donors (Lipinski definition) is 1. The van der Waals surface area contributed by atoms with Gasteiger partial charge in [0.05, 0.1) is 10.5 Å². The van der Waals surface area contributed by atoms with E-state index in [2.05, 4.69) is 10.3 Å². The molecule has 0 unspecified atom stereocenters. The first kappa shape index (κ1) is 15.9. The van der Waals surface area contributed by atoms with Gasteiger partial charge >= 0.3 is 0 Å². The molecule has 0 radical (unpaired) electrons. The van der Waals surface area contributed by atoms with Gasteiger partial charge in [-0.3, -0.25) is 14.9 Å². The number of nitrogens with zero attached hydrogens (tertiary/aromatic N) is 3. The first-order valence-corrected chi connectivity index (χ1v) is 6.61. The predicted molar refractivity (Wildman–Crippen MR) is 76.9 cm³/mol. The molecular formula is C13H20N4O3. The second kappa shape index (κ2) is 6.83. The molecule has 0 aliphatic rings. The summed E-state index contributed by atoms with van der Waals surface area (Å²) < 4.78 is 0. The molecule has 0 spiro atoms. The van der Waals surface area contributed by atoms with Crippen LogP contribution in [0.15, 0.2) is 12.3 Å². The molecule has 0 saturated carbocycles. The van der Waals surface area contributed by atoms with Crippen LogP contribution in [-0.2, 0) is 0 Å². The molecular weight excluding hydrogens is 260 g/mol. The standard InChI is InChI=1S/C13H20N4O3/c1-5-14-12-11(7-10(8-15-12)17(19)20)13(18)16(6-2)9(3)4/h7-9H,5-6H2,1-4H3,(H,14,15). The number of pyridine rings is 1. The van der Waals surface area contributed by atoms with Gasteiger partial charge in [0, 0.05) is 25.2 Å². The van der Waals surface area contributed by atoms with Crippen molar-refractivity contribution in [1.82, 2.24) is 9.88 Å². The molecule has 1 amide bonds. The fourth-order valence-corrected chi connectivity index (χ4v) is 1.92. The zero-order valence-electron chi connectivity index (χ0n) is 12.2. The monoisotopic (exact) mass is 280 g/mol. The Balaban J connectivity index is 3.27. The first-order chi connectivity index (χ1) is 9.42. The number of amides is 1. The van der Waals surface area contributed by atoms with Gasteiger partial charge in [0.15, 0.2) is 0 Å². The van der Waals surface area contributed by atoms with Crippen LogP contribution in [-0.4, -0.2) is 39.8 Å². The van der Waals surface area contributed by atoms with E-state index >= 15 is 0 Å². The summed E-state index contributed by atoms with van der Waals surface area (Å²) in [6.45, 7) is 8.66. The Labute approximate surface area is 118 Å². The summed E-state index contributed by atoms with van der Waals surface area (Å²) >= 11 is 0. The summed E-state index contributed by atoms with van der Waals surface area (Å²) in [5.41, 5.74) is 0.0476. The Morgan fingerprint density at radius 2 is 2.15 bits per heavy atom. The Hall–Kier alpha value is -2.18. The molecule has 7 nitrogen and oxygen atoms in total. The lowest BCUT2D eigenvalue weighted by Gasteiger charge is -2.25. The third-order valence-electron chi connectivity index (χ3n) is 2.88. The molecule has 1 aromatic heterocycles. The number of carbonyl (C=O) groups is 1. The molecule has 0 bridgehead atoms. The van der Waals surface area contributed by atoms with Gasteiger partial charge < -0.3 is 10.2 Å². The van der Waals surface area contributed by atoms with Gasteiger partial charge in [-0.2, -0.15) is 0 Å². The summed E-state index contributed by atoms with van der Waals surface area (Å²) in [7, 11) is 0. The fraction of sp³-hybridized carbons (Fsp3) is 0.538. The molecule has 1 aromatic rings. The van der Waals surface area contributed by atoms with Crippen molar-refractivity contribution in [3.63, 3.8) is 0 Å². The fourth-order valence-electron chi connectivity index (χ4n) is 1.92. The molecule has 1 N–H and O–H groups in total. The quantitative estimate of drug-likeness (QED) is 0.638. The Bertz CT molecular complexity index is 502. The largest absolute Gasteiger partial charge is 0.370 e. The summed E-state index contributed by atoms with van der Waals surface area (Å²) in [5.74, 6) is 0.122. The molecule has 1 rings (SSSR count). The lowest BCUT2D eigenvalue weighted by molar-refractivity contribution is -0.385. The van der Waals surface area contributed by atoms with Crippen molar-refractivity contribution >= 4 is 17.4 Å². The lowest BCUT2D eigenvalue weighted by Crippen LogP contribution is -2.37. The van der Waals surface area contributed by atoms with Crippen molar-refractivity contribution in [2.75, 3.05) is 18.4 Å². The van der Waals surface area contributed by atoms with Crippen LogP contribution in [0.25, 0.3) is 0 Å². The highest BCUT2D eigenvalue weighted by atomic mass is 16.6. The van der Waals surface area contributed by atoms with E-state index in [4.69, 9.17) is 0 Å². The number of anilines is 1. The zero-order valence-corrected chi connectivity index (χ0v) is 12.2. The van der Waals surface area contributed by atoms with Crippen LogP contribution in [0, 0.1) is 10.1 Å². The van der Waals surface area contributed by atoms with Gasteiger partial charge in [0.2, 0.25) is 0 Å². The molecule has 0 saturated heterocycles. The van der Waals surface area contributed by atoms with Gasteiger partial charge in [0.1, 0.15) is 12.0 Å². The van der Waals surface area contributed by atoms with Crippen LogP contribution < -0.4 is 5.32 Å². The van der Waals surface area contributed by atoms with E-state index < -0.39 is 4.92 Å². The summed E-state index contributed by atoms with van der Waals surface area (Å²) in [6.07, 6.45) is 1.15. The van der Waals surface area contributed by atoms with E-state index in [1.54, 1.807) is 4.90 Å². The minimum Gasteiger partial charge on any atom is -0.370 e. The van der Waals surface area contributed by atoms with E-state index in [1.165, 1.54) is 6.07 Å². The van der Waals surface area contributed by atoms with Gasteiger partial charge in [-0.1, -0.05) is 0 Å². The number of nitrogens with one attached hydrogen (secondary N) is 1. The highest BCUT2D eigenvalue weighted by molar-refractivity contribution is 5.99. The topological polar surface area (TPSA) is 88.4 Å². The molecule has 0 atom stereocenters. The van der Waals surface area contributed by atoms with Crippen molar-refractivity contribution in [1.29, 1.82) is 0 Å². The smallest absolute Gasteiger partial charge is 0.288 e. The molecule has 0 aliphatic heterocycles. The Kier molecular flexibility index (Phi) is 5.42. The van der Waals surface area contributed by atoms with Crippen molar-refractivity contribution in [2.24, 2.45) is 0 Å². The molecule has 0 aromatic carbocycles. The average molecular weight is 280 g/mol. The first-order valence-electron chi connectivity index (χ1n) is 6.61. The molecule has 20 heavy (non-hydrogen) atoms. The van der Waals surface area contributed by atoms with E-state index in [0.29, 0.717) is 18.9 Å². The van der Waals surface area contributed by atoms with Crippen LogP contribution in [0.4, 0.5) is 11.5 Å². The van der Waals surface area contributed by atoms with Crippen molar-refractivity contribution in [2.45, 2.75) is 33.7 Å². The van der Waals surface area contributed by atoms with Gasteiger partial charge in [0.25, 0.3) is 11.6 Å². The van der Waals surface area contributed by atoms with Crippen LogP contribution in [0.3, 0.4) is 0 Å².